The summed E-state index contributed by atoms with van der Waals surface area (Å²) >= 11 is 0. The molecule has 2 heterocycles. The van der Waals surface area contributed by atoms with Crippen molar-refractivity contribution in [3.8, 4) is 0 Å². The van der Waals surface area contributed by atoms with Gasteiger partial charge in [-0.25, -0.2) is 28.7 Å². The summed E-state index contributed by atoms with van der Waals surface area (Å²) in [5, 5.41) is 4.99. The van der Waals surface area contributed by atoms with Crippen LogP contribution in [-0.2, 0) is 9.59 Å². The van der Waals surface area contributed by atoms with Crippen molar-refractivity contribution in [3.05, 3.63) is 54.6 Å². The van der Waals surface area contributed by atoms with Crippen LogP contribution in [0.25, 0.3) is 5.70 Å². The summed E-state index contributed by atoms with van der Waals surface area (Å²) in [5.41, 5.74) is 0.257. The lowest BCUT2D eigenvalue weighted by molar-refractivity contribution is -0.120. The molecule has 2 aromatic rings. The summed E-state index contributed by atoms with van der Waals surface area (Å²) in [5.74, 6) is -0.843. The predicted octanol–water partition coefficient (Wildman–Crippen LogP) is 1.54. The highest BCUT2D eigenvalue weighted by molar-refractivity contribution is 5.82. The third kappa shape index (κ3) is 7.51. The SMILES string of the molecule is C=C(NC(C)=O)c1ncc(F)cn1.CC(=O)N[C@@H](C)c1ncc(F)cn1. The smallest absolute Gasteiger partial charge is 0.221 e. The average Bonchev–Trinajstić information content (AvgIpc) is 2.55. The molecule has 0 spiro atoms. The van der Waals surface area contributed by atoms with Crippen LogP contribution in [0.5, 0.6) is 0 Å². The van der Waals surface area contributed by atoms with Gasteiger partial charge in [0.1, 0.15) is 5.82 Å². The summed E-state index contributed by atoms with van der Waals surface area (Å²) in [7, 11) is 0. The molecule has 0 fully saturated rings. The van der Waals surface area contributed by atoms with Crippen molar-refractivity contribution in [2.24, 2.45) is 0 Å². The number of amides is 2. The van der Waals surface area contributed by atoms with Crippen molar-refractivity contribution < 1.29 is 18.4 Å². The summed E-state index contributed by atoms with van der Waals surface area (Å²) in [6.45, 7) is 7.99. The minimum absolute atomic E-state index is 0.166. The van der Waals surface area contributed by atoms with E-state index in [-0.39, 0.29) is 29.4 Å². The van der Waals surface area contributed by atoms with Gasteiger partial charge in [0.05, 0.1) is 36.5 Å². The number of carbonyl (C=O) groups excluding carboxylic acids is 2. The molecule has 10 heteroatoms. The first kappa shape index (κ1) is 20.7. The lowest BCUT2D eigenvalue weighted by Gasteiger charge is -2.09. The molecule has 26 heavy (non-hydrogen) atoms. The average molecular weight is 364 g/mol. The van der Waals surface area contributed by atoms with E-state index in [0.29, 0.717) is 5.82 Å². The van der Waals surface area contributed by atoms with E-state index < -0.39 is 11.6 Å². The number of hydrogen-bond donors (Lipinski definition) is 2. The van der Waals surface area contributed by atoms with Crippen LogP contribution in [0.3, 0.4) is 0 Å². The second-order valence-corrected chi connectivity index (χ2v) is 5.07. The standard InChI is InChI=1S/C8H10FN3O.C8H8FN3O/c2*1-5(12-6(2)13)8-10-3-7(9)4-11-8/h3-5H,1-2H3,(H,12,13);3-4H,1H2,2H3,(H,12,13)/t5-;/m0./s1. The Morgan fingerprint density at radius 3 is 1.85 bits per heavy atom. The largest absolute Gasteiger partial charge is 0.347 e. The molecule has 2 rings (SSSR count). The molecule has 0 bridgehead atoms. The van der Waals surface area contributed by atoms with E-state index in [1.807, 2.05) is 0 Å². The molecular weight excluding hydrogens is 346 g/mol. The van der Waals surface area contributed by atoms with Crippen molar-refractivity contribution >= 4 is 17.5 Å². The van der Waals surface area contributed by atoms with E-state index >= 15 is 0 Å². The van der Waals surface area contributed by atoms with E-state index in [2.05, 4.69) is 37.1 Å². The van der Waals surface area contributed by atoms with Gasteiger partial charge in [-0.05, 0) is 6.92 Å². The maximum Gasteiger partial charge on any atom is 0.221 e. The molecule has 2 N–H and O–H groups in total. The van der Waals surface area contributed by atoms with Crippen molar-refractivity contribution in [3.63, 3.8) is 0 Å². The Labute approximate surface area is 148 Å². The van der Waals surface area contributed by atoms with Crippen LogP contribution in [-0.4, -0.2) is 31.8 Å². The lowest BCUT2D eigenvalue weighted by Crippen LogP contribution is -2.25. The van der Waals surface area contributed by atoms with E-state index in [9.17, 15) is 18.4 Å². The molecule has 1 atom stereocenters. The quantitative estimate of drug-likeness (QED) is 0.851. The minimum atomic E-state index is -0.528. The molecule has 8 nitrogen and oxygen atoms in total. The van der Waals surface area contributed by atoms with Gasteiger partial charge in [-0.15, -0.1) is 0 Å². The lowest BCUT2D eigenvalue weighted by atomic mass is 10.3. The van der Waals surface area contributed by atoms with Gasteiger partial charge in [0.2, 0.25) is 11.8 Å². The Bertz CT molecular complexity index is 765. The molecular formula is C16H18F2N6O2. The molecule has 0 saturated carbocycles. The van der Waals surface area contributed by atoms with Gasteiger partial charge in [-0.2, -0.15) is 0 Å². The summed E-state index contributed by atoms with van der Waals surface area (Å²) < 4.78 is 24.8. The van der Waals surface area contributed by atoms with Crippen LogP contribution in [0.15, 0.2) is 31.4 Å². The summed E-state index contributed by atoms with van der Waals surface area (Å²) in [6, 6.07) is -0.293. The van der Waals surface area contributed by atoms with Crippen LogP contribution in [0.2, 0.25) is 0 Å². The van der Waals surface area contributed by atoms with Gasteiger partial charge < -0.3 is 10.6 Å². The molecule has 0 saturated heterocycles. The van der Waals surface area contributed by atoms with Gasteiger partial charge >= 0.3 is 0 Å². The molecule has 0 radical (unpaired) electrons. The van der Waals surface area contributed by atoms with Gasteiger partial charge in [0.25, 0.3) is 0 Å². The molecule has 138 valence electrons. The first-order valence-corrected chi connectivity index (χ1v) is 7.38. The fourth-order valence-electron chi connectivity index (χ4n) is 1.65. The van der Waals surface area contributed by atoms with Gasteiger partial charge in [-0.3, -0.25) is 9.59 Å². The molecule has 0 unspecified atom stereocenters. The first-order chi connectivity index (χ1) is 12.2. The van der Waals surface area contributed by atoms with Crippen molar-refractivity contribution in [2.45, 2.75) is 26.8 Å². The van der Waals surface area contributed by atoms with Crippen LogP contribution in [0.4, 0.5) is 8.78 Å². The van der Waals surface area contributed by atoms with Crippen LogP contribution in [0, 0.1) is 11.6 Å². The second-order valence-electron chi connectivity index (χ2n) is 5.07. The topological polar surface area (TPSA) is 110 Å². The fraction of sp³-hybridized carbons (Fsp3) is 0.250. The van der Waals surface area contributed by atoms with Crippen molar-refractivity contribution in [2.75, 3.05) is 0 Å². The second kappa shape index (κ2) is 9.87. The molecule has 0 aliphatic heterocycles. The number of hydrogen-bond acceptors (Lipinski definition) is 6. The van der Waals surface area contributed by atoms with Crippen LogP contribution in [0.1, 0.15) is 38.5 Å². The number of rotatable bonds is 4. The summed E-state index contributed by atoms with van der Waals surface area (Å²) in [4.78, 5) is 36.0. The Kier molecular flexibility index (Phi) is 7.87. The van der Waals surface area contributed by atoms with Crippen LogP contribution < -0.4 is 10.6 Å². The van der Waals surface area contributed by atoms with E-state index in [0.717, 1.165) is 24.8 Å². The zero-order valence-electron chi connectivity index (χ0n) is 14.5. The zero-order chi connectivity index (χ0) is 19.7. The highest BCUT2D eigenvalue weighted by atomic mass is 19.1. The zero-order valence-corrected chi connectivity index (χ0v) is 14.5. The van der Waals surface area contributed by atoms with E-state index in [1.54, 1.807) is 6.92 Å². The first-order valence-electron chi connectivity index (χ1n) is 7.38. The Balaban J connectivity index is 0.000000260. The molecule has 2 amide bonds. The van der Waals surface area contributed by atoms with Crippen molar-refractivity contribution in [1.29, 1.82) is 0 Å². The number of nitrogens with one attached hydrogen (secondary N) is 2. The predicted molar refractivity (Wildman–Crippen MR) is 89.1 cm³/mol. The Morgan fingerprint density at radius 1 is 0.962 bits per heavy atom. The third-order valence-corrected chi connectivity index (χ3v) is 2.66. The molecule has 0 aromatic carbocycles. The maximum atomic E-state index is 12.4. The molecule has 0 aliphatic carbocycles. The van der Waals surface area contributed by atoms with Crippen molar-refractivity contribution in [1.82, 2.24) is 30.6 Å². The van der Waals surface area contributed by atoms with E-state index in [4.69, 9.17) is 0 Å². The van der Waals surface area contributed by atoms with Gasteiger partial charge in [0.15, 0.2) is 17.5 Å². The fourth-order valence-corrected chi connectivity index (χ4v) is 1.65. The monoisotopic (exact) mass is 364 g/mol. The minimum Gasteiger partial charge on any atom is -0.347 e. The molecule has 2 aromatic heterocycles. The third-order valence-electron chi connectivity index (χ3n) is 2.66. The number of halogens is 2. The number of aromatic nitrogens is 4. The molecule has 0 aliphatic rings. The van der Waals surface area contributed by atoms with E-state index in [1.165, 1.54) is 13.8 Å². The number of nitrogens with zero attached hydrogens (tertiary/aromatic N) is 4. The summed E-state index contributed by atoms with van der Waals surface area (Å²) in [6.07, 6.45) is 4.16. The van der Waals surface area contributed by atoms with Crippen LogP contribution >= 0.6 is 0 Å². The highest BCUT2D eigenvalue weighted by Crippen LogP contribution is 2.05. The highest BCUT2D eigenvalue weighted by Gasteiger charge is 2.08. The Morgan fingerprint density at radius 2 is 1.42 bits per heavy atom. The van der Waals surface area contributed by atoms with Gasteiger partial charge in [0, 0.05) is 13.8 Å². The maximum absolute atomic E-state index is 12.4. The normalized spacial score (nSPS) is 10.8. The van der Waals surface area contributed by atoms with Gasteiger partial charge in [-0.1, -0.05) is 6.58 Å². The number of carbonyl (C=O) groups is 2. The Hall–Kier alpha value is -3.30.